The van der Waals surface area contributed by atoms with Crippen molar-refractivity contribution in [1.29, 1.82) is 0 Å². The maximum Gasteiger partial charge on any atom is 0.247 e. The Morgan fingerprint density at radius 2 is 1.85 bits per heavy atom. The van der Waals surface area contributed by atoms with Gasteiger partial charge in [-0.05, 0) is 49.2 Å². The molecule has 4 aromatic rings. The minimum atomic E-state index is -0.289. The van der Waals surface area contributed by atoms with Gasteiger partial charge in [-0.1, -0.05) is 36.4 Å². The summed E-state index contributed by atoms with van der Waals surface area (Å²) in [7, 11) is 0. The van der Waals surface area contributed by atoms with Gasteiger partial charge in [0.2, 0.25) is 5.91 Å². The number of nitrogens with zero attached hydrogens (tertiary/aromatic N) is 4. The molecule has 0 N–H and O–H groups in total. The Balaban J connectivity index is 1.44. The topological polar surface area (TPSA) is 51.0 Å². The van der Waals surface area contributed by atoms with Crippen molar-refractivity contribution in [2.24, 2.45) is 0 Å². The third-order valence-electron chi connectivity index (χ3n) is 5.67. The minimum absolute atomic E-state index is 0.134. The van der Waals surface area contributed by atoms with Gasteiger partial charge in [-0.15, -0.1) is 0 Å². The van der Waals surface area contributed by atoms with Crippen molar-refractivity contribution < 1.29 is 9.18 Å². The third kappa shape index (κ3) is 4.75. The van der Waals surface area contributed by atoms with Gasteiger partial charge < -0.3 is 4.90 Å². The summed E-state index contributed by atoms with van der Waals surface area (Å²) in [5, 5.41) is 4.75. The summed E-state index contributed by atoms with van der Waals surface area (Å²) in [5.74, 6) is -0.423. The van der Waals surface area contributed by atoms with Crippen molar-refractivity contribution in [2.45, 2.75) is 25.4 Å². The zero-order valence-corrected chi connectivity index (χ0v) is 18.0. The molecule has 1 aliphatic carbocycles. The van der Waals surface area contributed by atoms with Crippen LogP contribution in [0.5, 0.6) is 0 Å². The van der Waals surface area contributed by atoms with E-state index in [0.717, 1.165) is 35.3 Å². The molecule has 5 rings (SSSR count). The molecule has 0 spiro atoms. The highest BCUT2D eigenvalue weighted by Crippen LogP contribution is 2.30. The Hall–Kier alpha value is -4.06. The maximum absolute atomic E-state index is 14.2. The first-order valence-electron chi connectivity index (χ1n) is 11.0. The molecule has 0 aliphatic heterocycles. The molecular weight excluding hydrogens is 415 g/mol. The van der Waals surface area contributed by atoms with Crippen molar-refractivity contribution >= 4 is 12.0 Å². The van der Waals surface area contributed by atoms with E-state index < -0.39 is 0 Å². The molecule has 1 aliphatic rings. The third-order valence-corrected chi connectivity index (χ3v) is 5.67. The van der Waals surface area contributed by atoms with Crippen LogP contribution < -0.4 is 0 Å². The van der Waals surface area contributed by atoms with Gasteiger partial charge in [0.1, 0.15) is 11.5 Å². The molecular formula is C27H23FN4O. The Bertz CT molecular complexity index is 1280. The van der Waals surface area contributed by atoms with E-state index in [1.807, 2.05) is 48.7 Å². The number of halogens is 1. The average molecular weight is 439 g/mol. The lowest BCUT2D eigenvalue weighted by molar-refractivity contribution is -0.127. The number of rotatable bonds is 7. The first kappa shape index (κ1) is 20.8. The van der Waals surface area contributed by atoms with Crippen LogP contribution in [0, 0.1) is 5.82 Å². The summed E-state index contributed by atoms with van der Waals surface area (Å²) in [6.45, 7) is 0.263. The van der Waals surface area contributed by atoms with Gasteiger partial charge in [-0.3, -0.25) is 9.78 Å². The van der Waals surface area contributed by atoms with Gasteiger partial charge in [-0.2, -0.15) is 5.10 Å². The van der Waals surface area contributed by atoms with Gasteiger partial charge in [0, 0.05) is 53.9 Å². The molecule has 5 nitrogen and oxygen atoms in total. The lowest BCUT2D eigenvalue weighted by Crippen LogP contribution is -2.31. The standard InChI is InChI=1S/C27H23FN4O/c28-25-11-5-4-7-21(25)18-31(23-13-14-23)26(33)15-12-22-19-32(24-9-2-1-3-10-24)30-27(22)20-8-6-16-29-17-20/h1-12,15-17,19,23H,13-14,18H2/b15-12+. The first-order valence-corrected chi connectivity index (χ1v) is 11.0. The molecule has 1 amide bonds. The molecule has 2 aromatic carbocycles. The first-order chi connectivity index (χ1) is 16.2. The molecule has 2 aromatic heterocycles. The van der Waals surface area contributed by atoms with Crippen LogP contribution in [0.25, 0.3) is 23.0 Å². The summed E-state index contributed by atoms with van der Waals surface area (Å²) in [5.41, 5.74) is 3.86. The zero-order valence-electron chi connectivity index (χ0n) is 18.0. The van der Waals surface area contributed by atoms with E-state index in [1.54, 1.807) is 52.3 Å². The van der Waals surface area contributed by atoms with Crippen molar-refractivity contribution in [3.8, 4) is 16.9 Å². The van der Waals surface area contributed by atoms with Gasteiger partial charge in [0.15, 0.2) is 0 Å². The SMILES string of the molecule is O=C(/C=C/c1cn(-c2ccccc2)nc1-c1cccnc1)N(Cc1ccccc1F)C1CC1. The molecule has 6 heteroatoms. The molecule has 0 radical (unpaired) electrons. The van der Waals surface area contributed by atoms with Gasteiger partial charge >= 0.3 is 0 Å². The number of aromatic nitrogens is 3. The van der Waals surface area contributed by atoms with Crippen LogP contribution >= 0.6 is 0 Å². The van der Waals surface area contributed by atoms with Crippen LogP contribution in [0.2, 0.25) is 0 Å². The molecule has 1 saturated carbocycles. The largest absolute Gasteiger partial charge is 0.332 e. The van der Waals surface area contributed by atoms with Crippen LogP contribution in [-0.4, -0.2) is 31.6 Å². The van der Waals surface area contributed by atoms with E-state index in [9.17, 15) is 9.18 Å². The number of carbonyl (C=O) groups excluding carboxylic acids is 1. The lowest BCUT2D eigenvalue weighted by Gasteiger charge is -2.21. The van der Waals surface area contributed by atoms with Crippen LogP contribution in [0.1, 0.15) is 24.0 Å². The highest BCUT2D eigenvalue weighted by atomic mass is 19.1. The van der Waals surface area contributed by atoms with E-state index in [-0.39, 0.29) is 24.3 Å². The van der Waals surface area contributed by atoms with Crippen molar-refractivity contribution in [1.82, 2.24) is 19.7 Å². The van der Waals surface area contributed by atoms with Crippen molar-refractivity contribution in [3.05, 3.63) is 108 Å². The number of amides is 1. The summed E-state index contributed by atoms with van der Waals surface area (Å²) >= 11 is 0. The van der Waals surface area contributed by atoms with E-state index in [0.29, 0.717) is 5.56 Å². The van der Waals surface area contributed by atoms with E-state index in [4.69, 9.17) is 5.10 Å². The number of hydrogen-bond donors (Lipinski definition) is 0. The fourth-order valence-corrected chi connectivity index (χ4v) is 3.79. The van der Waals surface area contributed by atoms with Crippen LogP contribution in [0.15, 0.2) is 91.4 Å². The Morgan fingerprint density at radius 3 is 2.58 bits per heavy atom. The van der Waals surface area contributed by atoms with Gasteiger partial charge in [-0.25, -0.2) is 9.07 Å². The second kappa shape index (κ2) is 9.20. The van der Waals surface area contributed by atoms with Crippen molar-refractivity contribution in [2.75, 3.05) is 0 Å². The van der Waals surface area contributed by atoms with Crippen LogP contribution in [0.3, 0.4) is 0 Å². The van der Waals surface area contributed by atoms with E-state index >= 15 is 0 Å². The Morgan fingerprint density at radius 1 is 1.06 bits per heavy atom. The Labute approximate surface area is 191 Å². The lowest BCUT2D eigenvalue weighted by atomic mass is 10.1. The van der Waals surface area contributed by atoms with E-state index in [2.05, 4.69) is 4.98 Å². The summed E-state index contributed by atoms with van der Waals surface area (Å²) in [6, 6.07) is 20.4. The smallest absolute Gasteiger partial charge is 0.247 e. The second-order valence-electron chi connectivity index (χ2n) is 8.08. The number of benzene rings is 2. The van der Waals surface area contributed by atoms with Crippen LogP contribution in [0.4, 0.5) is 4.39 Å². The van der Waals surface area contributed by atoms with Crippen molar-refractivity contribution in [3.63, 3.8) is 0 Å². The molecule has 0 unspecified atom stereocenters. The maximum atomic E-state index is 14.2. The molecule has 1 fully saturated rings. The number of para-hydroxylation sites is 1. The van der Waals surface area contributed by atoms with E-state index in [1.165, 1.54) is 6.07 Å². The fraction of sp³-hybridized carbons (Fsp3) is 0.148. The predicted octanol–water partition coefficient (Wildman–Crippen LogP) is 5.28. The summed E-state index contributed by atoms with van der Waals surface area (Å²) < 4.78 is 16.0. The van der Waals surface area contributed by atoms with Gasteiger partial charge in [0.05, 0.1) is 5.69 Å². The monoisotopic (exact) mass is 438 g/mol. The average Bonchev–Trinajstić information content (AvgIpc) is 3.61. The Kier molecular flexibility index (Phi) is 5.81. The minimum Gasteiger partial charge on any atom is -0.332 e. The number of hydrogen-bond acceptors (Lipinski definition) is 3. The van der Waals surface area contributed by atoms with Gasteiger partial charge in [0.25, 0.3) is 0 Å². The molecule has 33 heavy (non-hydrogen) atoms. The summed E-state index contributed by atoms with van der Waals surface area (Å²) in [6.07, 6.45) is 10.6. The molecule has 0 atom stereocenters. The molecule has 164 valence electrons. The fourth-order valence-electron chi connectivity index (χ4n) is 3.79. The second-order valence-corrected chi connectivity index (χ2v) is 8.08. The zero-order chi connectivity index (χ0) is 22.6. The number of pyridine rings is 1. The molecule has 0 bridgehead atoms. The quantitative estimate of drug-likeness (QED) is 0.369. The van der Waals surface area contributed by atoms with Crippen LogP contribution in [-0.2, 0) is 11.3 Å². The highest BCUT2D eigenvalue weighted by Gasteiger charge is 2.32. The summed E-state index contributed by atoms with van der Waals surface area (Å²) in [4.78, 5) is 19.1. The highest BCUT2D eigenvalue weighted by molar-refractivity contribution is 5.93. The normalized spacial score (nSPS) is 13.4. The molecule has 2 heterocycles. The molecule has 0 saturated heterocycles. The predicted molar refractivity (Wildman–Crippen MR) is 126 cm³/mol. The number of carbonyl (C=O) groups is 1.